The lowest BCUT2D eigenvalue weighted by Crippen LogP contribution is -2.12. The second-order valence-electron chi connectivity index (χ2n) is 8.05. The van der Waals surface area contributed by atoms with E-state index in [0.717, 1.165) is 20.9 Å². The highest BCUT2D eigenvalue weighted by atomic mass is 32.1. The first-order valence-corrected chi connectivity index (χ1v) is 11.6. The molecular weight excluding hydrogens is 434 g/mol. The van der Waals surface area contributed by atoms with Crippen LogP contribution in [0.4, 0.5) is 11.4 Å². The van der Waals surface area contributed by atoms with E-state index in [-0.39, 0.29) is 11.3 Å². The molecule has 2 aromatic carbocycles. The average molecular weight is 464 g/mol. The topological polar surface area (TPSA) is 98.5 Å². The van der Waals surface area contributed by atoms with Crippen molar-refractivity contribution >= 4 is 43.8 Å². The predicted molar refractivity (Wildman–Crippen MR) is 136 cm³/mol. The minimum atomic E-state index is -0.232. The molecule has 0 saturated carbocycles. The molecule has 5 rings (SSSR count). The van der Waals surface area contributed by atoms with Crippen molar-refractivity contribution in [2.45, 2.75) is 40.0 Å². The molecule has 5 aromatic rings. The fourth-order valence-electron chi connectivity index (χ4n) is 2.92. The number of amides is 1. The van der Waals surface area contributed by atoms with Crippen LogP contribution in [0.3, 0.4) is 0 Å². The smallest absolute Gasteiger partial charge is 0.275 e. The summed E-state index contributed by atoms with van der Waals surface area (Å²) >= 11 is 1.56. The molecule has 0 saturated heterocycles. The van der Waals surface area contributed by atoms with E-state index in [4.69, 9.17) is 10.3 Å². The zero-order valence-corrected chi connectivity index (χ0v) is 20.3. The molecular formula is C25H29N5O2S. The van der Waals surface area contributed by atoms with Crippen LogP contribution in [0.2, 0.25) is 0 Å². The van der Waals surface area contributed by atoms with Crippen molar-refractivity contribution in [1.29, 1.82) is 0 Å². The molecule has 3 N–H and O–H groups in total. The Bertz CT molecular complexity index is 1310. The Hall–Kier alpha value is -3.65. The molecule has 0 radical (unpaired) electrons. The number of para-hydroxylation sites is 1. The Morgan fingerprint density at radius 1 is 1.06 bits per heavy atom. The zero-order chi connectivity index (χ0) is 24.0. The minimum Gasteiger partial charge on any atom is -0.399 e. The average Bonchev–Trinajstić information content (AvgIpc) is 3.53. The highest BCUT2D eigenvalue weighted by Gasteiger charge is 2.17. The molecule has 8 heteroatoms. The lowest BCUT2D eigenvalue weighted by atomic mass is 9.94. The van der Waals surface area contributed by atoms with Crippen molar-refractivity contribution < 1.29 is 9.32 Å². The number of carbonyl (C=O) groups is 1. The van der Waals surface area contributed by atoms with Gasteiger partial charge < -0.3 is 15.6 Å². The second kappa shape index (κ2) is 10.3. The van der Waals surface area contributed by atoms with Gasteiger partial charge in [-0.25, -0.2) is 4.98 Å². The van der Waals surface area contributed by atoms with Gasteiger partial charge in [-0.3, -0.25) is 9.20 Å². The molecule has 7 nitrogen and oxygen atoms in total. The number of nitrogens with one attached hydrogen (secondary N) is 1. The summed E-state index contributed by atoms with van der Waals surface area (Å²) in [7, 11) is 0. The van der Waals surface area contributed by atoms with Gasteiger partial charge in [0.15, 0.2) is 4.96 Å². The quantitative estimate of drug-likeness (QED) is 0.296. The van der Waals surface area contributed by atoms with Crippen LogP contribution in [0, 0.1) is 0 Å². The first-order valence-electron chi connectivity index (χ1n) is 10.8. The maximum absolute atomic E-state index is 12.3. The van der Waals surface area contributed by atoms with Crippen LogP contribution in [0.25, 0.3) is 15.2 Å². The van der Waals surface area contributed by atoms with Crippen LogP contribution >= 0.6 is 11.3 Å². The number of nitrogens with zero attached hydrogens (tertiary/aromatic N) is 3. The minimum absolute atomic E-state index is 0.0938. The van der Waals surface area contributed by atoms with Gasteiger partial charge in [0.2, 0.25) is 0 Å². The molecule has 0 aliphatic heterocycles. The van der Waals surface area contributed by atoms with Crippen molar-refractivity contribution in [3.8, 4) is 0 Å². The highest BCUT2D eigenvalue weighted by molar-refractivity contribution is 7.23. The molecule has 0 atom stereocenters. The van der Waals surface area contributed by atoms with E-state index in [1.807, 2.05) is 48.6 Å². The van der Waals surface area contributed by atoms with Crippen LogP contribution in [0.1, 0.15) is 50.9 Å². The van der Waals surface area contributed by atoms with E-state index >= 15 is 0 Å². The summed E-state index contributed by atoms with van der Waals surface area (Å²) in [6.45, 7) is 10.3. The summed E-state index contributed by atoms with van der Waals surface area (Å²) in [5.41, 5.74) is 8.53. The molecule has 0 fully saturated rings. The number of nitrogens with two attached hydrogens (primary N) is 1. The van der Waals surface area contributed by atoms with Gasteiger partial charge in [0.25, 0.3) is 5.91 Å². The van der Waals surface area contributed by atoms with E-state index in [0.29, 0.717) is 17.1 Å². The number of hydrogen-bond donors (Lipinski definition) is 2. The summed E-state index contributed by atoms with van der Waals surface area (Å²) < 4.78 is 8.04. The Morgan fingerprint density at radius 3 is 2.36 bits per heavy atom. The first-order chi connectivity index (χ1) is 15.8. The van der Waals surface area contributed by atoms with Gasteiger partial charge in [-0.2, -0.15) is 0 Å². The number of hydrogen-bond acceptors (Lipinski definition) is 6. The fraction of sp³-hybridized carbons (Fsp3) is 0.240. The highest BCUT2D eigenvalue weighted by Crippen LogP contribution is 2.26. The molecule has 0 aliphatic rings. The molecule has 0 aliphatic carbocycles. The number of aromatic nitrogens is 3. The number of rotatable bonds is 2. The van der Waals surface area contributed by atoms with Crippen molar-refractivity contribution in [2.75, 3.05) is 11.1 Å². The van der Waals surface area contributed by atoms with E-state index in [1.165, 1.54) is 0 Å². The van der Waals surface area contributed by atoms with Gasteiger partial charge in [0.05, 0.1) is 16.4 Å². The van der Waals surface area contributed by atoms with Crippen LogP contribution in [0.5, 0.6) is 0 Å². The number of nitrogen functional groups attached to an aromatic ring is 1. The molecule has 33 heavy (non-hydrogen) atoms. The van der Waals surface area contributed by atoms with Gasteiger partial charge in [-0.1, -0.05) is 63.2 Å². The molecule has 0 bridgehead atoms. The van der Waals surface area contributed by atoms with Gasteiger partial charge in [0.1, 0.15) is 11.5 Å². The Morgan fingerprint density at radius 2 is 1.76 bits per heavy atom. The monoisotopic (exact) mass is 463 g/mol. The Labute approximate surface area is 197 Å². The van der Waals surface area contributed by atoms with Gasteiger partial charge in [0, 0.05) is 29.1 Å². The first kappa shape index (κ1) is 24.0. The third-order valence-corrected chi connectivity index (χ3v) is 5.61. The SMILES string of the molecule is CC.CC(C)(C)c1ccno1.Nc1ccc(NC(=O)c2cn3c(n2)sc2ccccc23)cc1. The van der Waals surface area contributed by atoms with Gasteiger partial charge in [-0.15, -0.1) is 0 Å². The van der Waals surface area contributed by atoms with Crippen LogP contribution in [-0.4, -0.2) is 20.4 Å². The van der Waals surface area contributed by atoms with E-state index < -0.39 is 0 Å². The predicted octanol–water partition coefficient (Wildman–Crippen LogP) is 6.38. The van der Waals surface area contributed by atoms with Gasteiger partial charge >= 0.3 is 0 Å². The van der Waals surface area contributed by atoms with Crippen molar-refractivity contribution in [3.63, 3.8) is 0 Å². The molecule has 0 unspecified atom stereocenters. The largest absolute Gasteiger partial charge is 0.399 e. The zero-order valence-electron chi connectivity index (χ0n) is 19.5. The third-order valence-electron chi connectivity index (χ3n) is 4.58. The summed E-state index contributed by atoms with van der Waals surface area (Å²) in [5.74, 6) is 0.701. The Kier molecular flexibility index (Phi) is 7.50. The maximum Gasteiger partial charge on any atom is 0.275 e. The van der Waals surface area contributed by atoms with E-state index in [2.05, 4.69) is 36.2 Å². The number of benzene rings is 2. The Balaban J connectivity index is 0.000000234. The summed E-state index contributed by atoms with van der Waals surface area (Å²) in [4.78, 5) is 17.5. The summed E-state index contributed by atoms with van der Waals surface area (Å²) in [6.07, 6.45) is 3.43. The van der Waals surface area contributed by atoms with Crippen molar-refractivity contribution in [1.82, 2.24) is 14.5 Å². The number of carbonyl (C=O) groups excluding carboxylic acids is 1. The van der Waals surface area contributed by atoms with Gasteiger partial charge in [-0.05, 0) is 36.4 Å². The maximum atomic E-state index is 12.3. The van der Waals surface area contributed by atoms with E-state index in [1.54, 1.807) is 48.0 Å². The summed E-state index contributed by atoms with van der Waals surface area (Å²) in [6, 6.07) is 16.9. The molecule has 3 aromatic heterocycles. The number of thiazole rings is 1. The van der Waals surface area contributed by atoms with Crippen molar-refractivity contribution in [2.24, 2.45) is 0 Å². The lowest BCUT2D eigenvalue weighted by molar-refractivity contribution is 0.102. The normalized spacial score (nSPS) is 10.8. The van der Waals surface area contributed by atoms with Crippen LogP contribution in [0.15, 0.2) is 71.5 Å². The number of anilines is 2. The standard InChI is InChI=1S/C16H12N4OS.C7H11NO.C2H6/c17-10-5-7-11(8-6-10)18-15(21)12-9-20-13-3-1-2-4-14(13)22-16(20)19-12;1-7(2,3)6-4-5-8-9-6;1-2/h1-9H,17H2,(H,18,21);4-5H,1-3H3;1-2H3. The summed E-state index contributed by atoms with van der Waals surface area (Å²) in [5, 5.41) is 6.43. The third kappa shape index (κ3) is 5.78. The van der Waals surface area contributed by atoms with Crippen LogP contribution in [-0.2, 0) is 5.41 Å². The second-order valence-corrected chi connectivity index (χ2v) is 9.06. The number of fused-ring (bicyclic) bond motifs is 3. The van der Waals surface area contributed by atoms with Crippen LogP contribution < -0.4 is 11.1 Å². The molecule has 3 heterocycles. The molecule has 1 amide bonds. The van der Waals surface area contributed by atoms with Crippen molar-refractivity contribution in [3.05, 3.63) is 78.4 Å². The molecule has 0 spiro atoms. The fourth-order valence-corrected chi connectivity index (χ4v) is 3.93. The molecule has 172 valence electrons. The van der Waals surface area contributed by atoms with E-state index in [9.17, 15) is 4.79 Å². The lowest BCUT2D eigenvalue weighted by Gasteiger charge is -2.11. The number of imidazole rings is 1.